The third-order valence-corrected chi connectivity index (χ3v) is 0.428. The van der Waals surface area contributed by atoms with E-state index in [0.717, 1.165) is 0 Å². The van der Waals surface area contributed by atoms with Crippen LogP contribution in [0.3, 0.4) is 0 Å². The molecular weight excluding hydrogens is 84.1 g/mol. The first-order valence-electron chi connectivity index (χ1n) is 1.56. The fraction of sp³-hybridized carbons (Fsp3) is 1.00. The van der Waals surface area contributed by atoms with Gasteiger partial charge in [-0.2, -0.15) is 12.6 Å². The van der Waals surface area contributed by atoms with E-state index in [4.69, 9.17) is 5.11 Å². The fourth-order valence-electron chi connectivity index (χ4n) is 0. The molecule has 0 aliphatic heterocycles. The summed E-state index contributed by atoms with van der Waals surface area (Å²) in [5.74, 6) is 0. The first kappa shape index (κ1) is 5.31. The van der Waals surface area contributed by atoms with E-state index in [0.29, 0.717) is 0 Å². The summed E-state index contributed by atoms with van der Waals surface area (Å²) in [6, 6.07) is 0. The van der Waals surface area contributed by atoms with Crippen molar-refractivity contribution in [1.29, 1.82) is 0 Å². The van der Waals surface area contributed by atoms with Crippen LogP contribution in [0.2, 0.25) is 0 Å². The lowest BCUT2D eigenvalue weighted by Gasteiger charge is -1.89. The van der Waals surface area contributed by atoms with E-state index in [1.54, 1.807) is 0 Å². The highest BCUT2D eigenvalue weighted by molar-refractivity contribution is 7.80. The zero-order valence-corrected chi connectivity index (χ0v) is 4.07. The van der Waals surface area contributed by atoms with Crippen molar-refractivity contribution in [3.8, 4) is 0 Å². The maximum Gasteiger partial charge on any atom is 0.0544 e. The van der Waals surface area contributed by atoms with Crippen molar-refractivity contribution in [2.75, 3.05) is 6.61 Å². The van der Waals surface area contributed by atoms with Gasteiger partial charge in [0.2, 0.25) is 0 Å². The minimum atomic E-state index is 0.134. The Bertz CT molecular complexity index is 20.9. The number of aliphatic hydroxyl groups is 1. The molecule has 0 rings (SSSR count). The molecule has 0 amide bonds. The zero-order valence-electron chi connectivity index (χ0n) is 3.18. The second-order valence-corrected chi connectivity index (χ2v) is 1.91. The molecule has 0 aliphatic rings. The maximum absolute atomic E-state index is 8.07. The van der Waals surface area contributed by atoms with E-state index in [1.165, 1.54) is 0 Å². The van der Waals surface area contributed by atoms with Gasteiger partial charge in [-0.05, 0) is 0 Å². The molecule has 0 radical (unpaired) electrons. The summed E-state index contributed by atoms with van der Waals surface area (Å²) in [6.07, 6.45) is 0. The van der Waals surface area contributed by atoms with Crippen LogP contribution >= 0.6 is 12.6 Å². The van der Waals surface area contributed by atoms with Gasteiger partial charge in [-0.15, -0.1) is 0 Å². The van der Waals surface area contributed by atoms with E-state index in [-0.39, 0.29) is 11.9 Å². The molecule has 0 bridgehead atoms. The molecule has 1 N–H and O–H groups in total. The topological polar surface area (TPSA) is 20.2 Å². The molecule has 0 fully saturated rings. The Hall–Kier alpha value is 0.310. The van der Waals surface area contributed by atoms with Crippen molar-refractivity contribution < 1.29 is 5.11 Å². The summed E-state index contributed by atoms with van der Waals surface area (Å²) in [4.78, 5) is 0. The van der Waals surface area contributed by atoms with Crippen molar-refractivity contribution in [1.82, 2.24) is 0 Å². The molecule has 0 aromatic rings. The predicted molar refractivity (Wildman–Crippen MR) is 25.5 cm³/mol. The number of hydrogen-bond acceptors (Lipinski definition) is 2. The molecule has 5 heavy (non-hydrogen) atoms. The quantitative estimate of drug-likeness (QED) is 0.446. The van der Waals surface area contributed by atoms with Crippen molar-refractivity contribution >= 4 is 12.6 Å². The minimum Gasteiger partial charge on any atom is -0.395 e. The highest BCUT2D eigenvalue weighted by Gasteiger charge is 1.82. The fourth-order valence-corrected chi connectivity index (χ4v) is 0. The highest BCUT2D eigenvalue weighted by Crippen LogP contribution is 1.85. The zero-order chi connectivity index (χ0) is 4.28. The minimum absolute atomic E-state index is 0.134. The Balaban J connectivity index is 2.54. The predicted octanol–water partition coefficient (Wildman–Crippen LogP) is 0.297. The Kier molecular flexibility index (Phi) is 2.70. The third kappa shape index (κ3) is 4.31. The number of hydrogen-bond donors (Lipinski definition) is 2. The molecule has 2 heteroatoms. The normalized spacial score (nSPS) is 15.0. The summed E-state index contributed by atoms with van der Waals surface area (Å²) >= 11 is 3.85. The largest absolute Gasteiger partial charge is 0.395 e. The molecule has 0 aliphatic carbocycles. The molecule has 0 heterocycles. The van der Waals surface area contributed by atoms with Gasteiger partial charge in [-0.25, -0.2) is 0 Å². The summed E-state index contributed by atoms with van der Waals surface area (Å²) in [7, 11) is 0. The van der Waals surface area contributed by atoms with Gasteiger partial charge in [-0.1, -0.05) is 6.92 Å². The third-order valence-electron chi connectivity index (χ3n) is 0.264. The van der Waals surface area contributed by atoms with Gasteiger partial charge in [0, 0.05) is 5.25 Å². The lowest BCUT2D eigenvalue weighted by atomic mass is 10.5. The maximum atomic E-state index is 8.07. The Labute approximate surface area is 37.4 Å². The van der Waals surface area contributed by atoms with Crippen LogP contribution in [0.4, 0.5) is 0 Å². The van der Waals surface area contributed by atoms with E-state index < -0.39 is 0 Å². The molecule has 32 valence electrons. The van der Waals surface area contributed by atoms with Gasteiger partial charge in [-0.3, -0.25) is 0 Å². The average molecular weight is 92.2 g/mol. The highest BCUT2D eigenvalue weighted by atomic mass is 32.1. The van der Waals surface area contributed by atoms with E-state index in [1.807, 2.05) is 6.92 Å². The van der Waals surface area contributed by atoms with Crippen LogP contribution in [0, 0.1) is 0 Å². The number of thiol groups is 1. The molecule has 1 atom stereocenters. The molecule has 1 nitrogen and oxygen atoms in total. The van der Waals surface area contributed by atoms with Gasteiger partial charge >= 0.3 is 0 Å². The Morgan fingerprint density at radius 1 is 2.00 bits per heavy atom. The SMILES string of the molecule is C[C@H](S)CO. The summed E-state index contributed by atoms with van der Waals surface area (Å²) in [5.41, 5.74) is 0. The van der Waals surface area contributed by atoms with E-state index in [2.05, 4.69) is 12.6 Å². The van der Waals surface area contributed by atoms with E-state index in [9.17, 15) is 0 Å². The summed E-state index contributed by atoms with van der Waals surface area (Å²) in [5, 5.41) is 8.20. The lowest BCUT2D eigenvalue weighted by molar-refractivity contribution is 0.300. The van der Waals surface area contributed by atoms with Crippen LogP contribution < -0.4 is 0 Å². The van der Waals surface area contributed by atoms with Crippen LogP contribution in [0.1, 0.15) is 6.92 Å². The monoisotopic (exact) mass is 92.0 g/mol. The summed E-state index contributed by atoms with van der Waals surface area (Å²) < 4.78 is 0. The lowest BCUT2D eigenvalue weighted by Crippen LogP contribution is -1.95. The smallest absolute Gasteiger partial charge is 0.0544 e. The Morgan fingerprint density at radius 2 is 2.20 bits per heavy atom. The van der Waals surface area contributed by atoms with E-state index >= 15 is 0 Å². The van der Waals surface area contributed by atoms with Crippen LogP contribution in [0.25, 0.3) is 0 Å². The molecule has 0 saturated heterocycles. The van der Waals surface area contributed by atoms with Gasteiger partial charge in [0.05, 0.1) is 6.61 Å². The molecular formula is C3H8OS. The van der Waals surface area contributed by atoms with Crippen LogP contribution in [-0.4, -0.2) is 17.0 Å². The van der Waals surface area contributed by atoms with Crippen LogP contribution in [0.15, 0.2) is 0 Å². The average Bonchev–Trinajstić information content (AvgIpc) is 1.38. The second kappa shape index (κ2) is 2.54. The first-order valence-corrected chi connectivity index (χ1v) is 2.08. The van der Waals surface area contributed by atoms with Gasteiger partial charge in [0.1, 0.15) is 0 Å². The number of aliphatic hydroxyl groups excluding tert-OH is 1. The molecule has 0 saturated carbocycles. The van der Waals surface area contributed by atoms with Crippen molar-refractivity contribution in [3.63, 3.8) is 0 Å². The van der Waals surface area contributed by atoms with Gasteiger partial charge in [0.25, 0.3) is 0 Å². The van der Waals surface area contributed by atoms with Crippen molar-refractivity contribution in [2.24, 2.45) is 0 Å². The van der Waals surface area contributed by atoms with Crippen LogP contribution in [-0.2, 0) is 0 Å². The second-order valence-electron chi connectivity index (χ2n) is 1.03. The molecule has 0 aromatic carbocycles. The standard InChI is InChI=1S/C3H8OS/c1-3(5)2-4/h3-5H,2H2,1H3/t3-/m0/s1. The summed E-state index contributed by atoms with van der Waals surface area (Å²) in [6.45, 7) is 2.01. The molecule has 0 unspecified atom stereocenters. The van der Waals surface area contributed by atoms with Crippen molar-refractivity contribution in [2.45, 2.75) is 12.2 Å². The number of rotatable bonds is 1. The van der Waals surface area contributed by atoms with Crippen LogP contribution in [0.5, 0.6) is 0 Å². The Morgan fingerprint density at radius 3 is 2.20 bits per heavy atom. The van der Waals surface area contributed by atoms with Gasteiger partial charge < -0.3 is 5.11 Å². The molecule has 0 spiro atoms. The molecule has 0 aromatic heterocycles. The van der Waals surface area contributed by atoms with Gasteiger partial charge in [0.15, 0.2) is 0 Å². The first-order chi connectivity index (χ1) is 2.27. The van der Waals surface area contributed by atoms with Crippen molar-refractivity contribution in [3.05, 3.63) is 0 Å².